The average Bonchev–Trinajstić information content (AvgIpc) is 2.49. The summed E-state index contributed by atoms with van der Waals surface area (Å²) in [4.78, 5) is 10.7. The van der Waals surface area contributed by atoms with Gasteiger partial charge in [-0.15, -0.1) is 0 Å². The quantitative estimate of drug-likeness (QED) is 0.659. The summed E-state index contributed by atoms with van der Waals surface area (Å²) >= 11 is 5.94. The maximum Gasteiger partial charge on any atom is 0.243 e. The van der Waals surface area contributed by atoms with Gasteiger partial charge in [0.25, 0.3) is 0 Å². The highest BCUT2D eigenvalue weighted by Crippen LogP contribution is 2.27. The molecule has 1 aromatic rings. The number of unbranched alkanes of at least 4 members (excludes halogenated alkanes) is 2. The van der Waals surface area contributed by atoms with Gasteiger partial charge in [0.05, 0.1) is 15.6 Å². The van der Waals surface area contributed by atoms with Gasteiger partial charge in [-0.3, -0.25) is 4.79 Å². The van der Waals surface area contributed by atoms with Crippen molar-refractivity contribution in [2.24, 2.45) is 0 Å². The highest BCUT2D eigenvalue weighted by atomic mass is 35.5. The number of amides is 1. The summed E-state index contributed by atoms with van der Waals surface area (Å²) in [6.07, 6.45) is 3.96. The van der Waals surface area contributed by atoms with Crippen molar-refractivity contribution in [3.05, 3.63) is 23.2 Å². The number of benzene rings is 1. The summed E-state index contributed by atoms with van der Waals surface area (Å²) < 4.78 is 27.1. The van der Waals surface area contributed by atoms with Crippen LogP contribution in [0.15, 0.2) is 23.1 Å². The van der Waals surface area contributed by atoms with E-state index in [9.17, 15) is 13.2 Å². The van der Waals surface area contributed by atoms with E-state index >= 15 is 0 Å². The summed E-state index contributed by atoms with van der Waals surface area (Å²) in [6, 6.07) is 4.35. The Hall–Kier alpha value is -1.11. The van der Waals surface area contributed by atoms with Gasteiger partial charge in [-0.1, -0.05) is 38.3 Å². The maximum atomic E-state index is 12.8. The molecule has 0 fully saturated rings. The van der Waals surface area contributed by atoms with Crippen LogP contribution in [0.5, 0.6) is 0 Å². The lowest BCUT2D eigenvalue weighted by Gasteiger charge is -2.22. The van der Waals surface area contributed by atoms with E-state index < -0.39 is 10.0 Å². The van der Waals surface area contributed by atoms with Crippen LogP contribution in [-0.4, -0.2) is 32.2 Å². The third-order valence-corrected chi connectivity index (χ3v) is 5.54. The molecule has 0 radical (unpaired) electrons. The van der Waals surface area contributed by atoms with E-state index in [1.54, 1.807) is 0 Å². The molecule has 0 unspecified atom stereocenters. The normalized spacial score (nSPS) is 11.6. The molecule has 0 atom stereocenters. The second-order valence-electron chi connectivity index (χ2n) is 5.02. The van der Waals surface area contributed by atoms with E-state index in [4.69, 9.17) is 11.6 Å². The molecule has 1 amide bonds. The molecule has 0 bridgehead atoms. The zero-order valence-corrected chi connectivity index (χ0v) is 14.6. The zero-order valence-electron chi connectivity index (χ0n) is 13.0. The largest absolute Gasteiger partial charge is 0.327 e. The Labute approximate surface area is 137 Å². The van der Waals surface area contributed by atoms with Gasteiger partial charge in [0.1, 0.15) is 0 Å². The van der Waals surface area contributed by atoms with Crippen LogP contribution >= 0.6 is 11.6 Å². The lowest BCUT2D eigenvalue weighted by molar-refractivity contribution is -0.105. The van der Waals surface area contributed by atoms with Gasteiger partial charge in [0, 0.05) is 13.1 Å². The minimum absolute atomic E-state index is 0.147. The van der Waals surface area contributed by atoms with Crippen molar-refractivity contribution < 1.29 is 13.2 Å². The van der Waals surface area contributed by atoms with Gasteiger partial charge in [0.15, 0.2) is 0 Å². The number of hydrogen-bond acceptors (Lipinski definition) is 3. The number of anilines is 1. The molecular formula is C15H23ClN2O3S. The molecule has 0 saturated heterocycles. The molecule has 7 heteroatoms. The van der Waals surface area contributed by atoms with Gasteiger partial charge in [-0.2, -0.15) is 4.31 Å². The van der Waals surface area contributed by atoms with Crippen molar-refractivity contribution in [2.45, 2.75) is 44.4 Å². The topological polar surface area (TPSA) is 66.5 Å². The van der Waals surface area contributed by atoms with Gasteiger partial charge in [-0.25, -0.2) is 8.42 Å². The number of nitrogens with one attached hydrogen (secondary N) is 1. The average molecular weight is 347 g/mol. The molecule has 0 aliphatic heterocycles. The van der Waals surface area contributed by atoms with Gasteiger partial charge >= 0.3 is 0 Å². The van der Waals surface area contributed by atoms with Gasteiger partial charge < -0.3 is 5.32 Å². The molecule has 1 aromatic carbocycles. The van der Waals surface area contributed by atoms with Crippen LogP contribution in [-0.2, 0) is 14.8 Å². The predicted octanol–water partition coefficient (Wildman–Crippen LogP) is 3.50. The molecule has 0 saturated carbocycles. The predicted molar refractivity (Wildman–Crippen MR) is 89.7 cm³/mol. The number of nitrogens with zero attached hydrogens (tertiary/aromatic N) is 1. The summed E-state index contributed by atoms with van der Waals surface area (Å²) in [6.45, 7) is 5.05. The van der Waals surface area contributed by atoms with Crippen molar-refractivity contribution >= 4 is 33.7 Å². The summed E-state index contributed by atoms with van der Waals surface area (Å²) in [5, 5.41) is 2.72. The van der Waals surface area contributed by atoms with E-state index in [1.165, 1.54) is 22.5 Å². The standard InChI is InChI=1S/C15H23ClN2O3S/c1-3-5-9-18(10-6-4-2)22(20,21)13-7-8-14(16)15(11-13)17-12-19/h7-8,11-12H,3-6,9-10H2,1-2H3,(H,17,19). The van der Waals surface area contributed by atoms with E-state index in [0.717, 1.165) is 25.7 Å². The van der Waals surface area contributed by atoms with Crippen molar-refractivity contribution in [1.29, 1.82) is 0 Å². The second kappa shape index (κ2) is 9.12. The highest BCUT2D eigenvalue weighted by Gasteiger charge is 2.24. The molecule has 0 aliphatic carbocycles. The molecule has 5 nitrogen and oxygen atoms in total. The molecule has 0 aliphatic rings. The van der Waals surface area contributed by atoms with Crippen LogP contribution in [0.4, 0.5) is 5.69 Å². The number of hydrogen-bond donors (Lipinski definition) is 1. The van der Waals surface area contributed by atoms with Gasteiger partial charge in [0.2, 0.25) is 16.4 Å². The Bertz CT molecular complexity index is 582. The van der Waals surface area contributed by atoms with Crippen molar-refractivity contribution in [2.75, 3.05) is 18.4 Å². The third-order valence-electron chi connectivity index (χ3n) is 3.31. The maximum absolute atomic E-state index is 12.8. The molecule has 22 heavy (non-hydrogen) atoms. The number of halogens is 1. The summed E-state index contributed by atoms with van der Waals surface area (Å²) in [5.74, 6) is 0. The van der Waals surface area contributed by atoms with Crippen LogP contribution < -0.4 is 5.32 Å². The van der Waals surface area contributed by atoms with Crippen molar-refractivity contribution in [3.8, 4) is 0 Å². The lowest BCUT2D eigenvalue weighted by Crippen LogP contribution is -2.33. The first kappa shape index (κ1) is 18.9. The summed E-state index contributed by atoms with van der Waals surface area (Å²) in [7, 11) is -3.58. The van der Waals surface area contributed by atoms with Crippen LogP contribution in [0.3, 0.4) is 0 Å². The van der Waals surface area contributed by atoms with Crippen LogP contribution in [0.25, 0.3) is 0 Å². The Morgan fingerprint density at radius 2 is 1.77 bits per heavy atom. The fourth-order valence-electron chi connectivity index (χ4n) is 2.01. The van der Waals surface area contributed by atoms with Crippen LogP contribution in [0, 0.1) is 0 Å². The van der Waals surface area contributed by atoms with Crippen LogP contribution in [0.1, 0.15) is 39.5 Å². The second-order valence-corrected chi connectivity index (χ2v) is 7.36. The lowest BCUT2D eigenvalue weighted by atomic mass is 10.3. The number of rotatable bonds is 10. The minimum Gasteiger partial charge on any atom is -0.327 e. The Morgan fingerprint density at radius 1 is 1.18 bits per heavy atom. The Balaban J connectivity index is 3.11. The fourth-order valence-corrected chi connectivity index (χ4v) is 3.73. The summed E-state index contributed by atoms with van der Waals surface area (Å²) in [5.41, 5.74) is 0.295. The van der Waals surface area contributed by atoms with E-state index in [2.05, 4.69) is 5.32 Å². The fraction of sp³-hybridized carbons (Fsp3) is 0.533. The first-order valence-corrected chi connectivity index (χ1v) is 9.29. The molecule has 1 rings (SSSR count). The van der Waals surface area contributed by atoms with E-state index in [-0.39, 0.29) is 4.90 Å². The minimum atomic E-state index is -3.58. The molecule has 124 valence electrons. The molecular weight excluding hydrogens is 324 g/mol. The molecule has 0 spiro atoms. The van der Waals surface area contributed by atoms with Gasteiger partial charge in [-0.05, 0) is 31.0 Å². The number of sulfonamides is 1. The first-order chi connectivity index (χ1) is 10.5. The smallest absolute Gasteiger partial charge is 0.243 e. The van der Waals surface area contributed by atoms with Crippen molar-refractivity contribution in [1.82, 2.24) is 4.31 Å². The highest BCUT2D eigenvalue weighted by molar-refractivity contribution is 7.89. The monoisotopic (exact) mass is 346 g/mol. The first-order valence-electron chi connectivity index (χ1n) is 7.47. The molecule has 0 aromatic heterocycles. The number of carbonyl (C=O) groups excluding carboxylic acids is 1. The Kier molecular flexibility index (Phi) is 7.85. The third kappa shape index (κ3) is 4.97. The zero-order chi connectivity index (χ0) is 16.6. The van der Waals surface area contributed by atoms with E-state index in [1.807, 2.05) is 13.8 Å². The number of carbonyl (C=O) groups is 1. The SMILES string of the molecule is CCCCN(CCCC)S(=O)(=O)c1ccc(Cl)c(NC=O)c1. The molecule has 0 heterocycles. The van der Waals surface area contributed by atoms with E-state index in [0.29, 0.717) is 30.2 Å². The van der Waals surface area contributed by atoms with Crippen molar-refractivity contribution in [3.63, 3.8) is 0 Å². The molecule has 1 N–H and O–H groups in total. The Morgan fingerprint density at radius 3 is 2.27 bits per heavy atom. The van der Waals surface area contributed by atoms with Crippen LogP contribution in [0.2, 0.25) is 5.02 Å².